The first-order valence-electron chi connectivity index (χ1n) is 6.05. The lowest BCUT2D eigenvalue weighted by Crippen LogP contribution is -2.36. The van der Waals surface area contributed by atoms with E-state index in [4.69, 9.17) is 11.6 Å². The van der Waals surface area contributed by atoms with Crippen LogP contribution < -0.4 is 0 Å². The monoisotopic (exact) mass is 251 g/mol. The Bertz CT molecular complexity index is 397. The van der Waals surface area contributed by atoms with E-state index in [0.717, 1.165) is 11.1 Å². The molecule has 1 aliphatic rings. The summed E-state index contributed by atoms with van der Waals surface area (Å²) in [6, 6.07) is 7.88. The lowest BCUT2D eigenvalue weighted by atomic mass is 10.1. The molecule has 1 aromatic rings. The van der Waals surface area contributed by atoms with Crippen LogP contribution in [-0.4, -0.2) is 23.9 Å². The topological polar surface area (TPSA) is 20.3 Å². The summed E-state index contributed by atoms with van der Waals surface area (Å²) in [5.74, 6) is 1.29. The Labute approximate surface area is 108 Å². The highest BCUT2D eigenvalue weighted by atomic mass is 35.5. The molecule has 0 heterocycles. The molecule has 1 aliphatic carbocycles. The van der Waals surface area contributed by atoms with Gasteiger partial charge in [0.25, 0.3) is 5.91 Å². The standard InChI is InChI=1S/C14H18ClNO/c1-10(12-7-8-12)16(2)14(17)13-5-3-11(9-15)4-6-13/h3-6,10,12H,7-9H2,1-2H3. The van der Waals surface area contributed by atoms with Crippen LogP contribution in [-0.2, 0) is 5.88 Å². The smallest absolute Gasteiger partial charge is 0.253 e. The van der Waals surface area contributed by atoms with Gasteiger partial charge in [-0.05, 0) is 43.4 Å². The molecular formula is C14H18ClNO. The van der Waals surface area contributed by atoms with E-state index in [1.807, 2.05) is 36.2 Å². The number of amides is 1. The largest absolute Gasteiger partial charge is 0.339 e. The molecule has 17 heavy (non-hydrogen) atoms. The van der Waals surface area contributed by atoms with Crippen LogP contribution >= 0.6 is 11.6 Å². The zero-order chi connectivity index (χ0) is 12.4. The average Bonchev–Trinajstić information content (AvgIpc) is 3.20. The van der Waals surface area contributed by atoms with Crippen molar-refractivity contribution in [3.05, 3.63) is 35.4 Å². The normalized spacial score (nSPS) is 16.6. The Morgan fingerprint density at radius 2 is 2.00 bits per heavy atom. The predicted molar refractivity (Wildman–Crippen MR) is 70.3 cm³/mol. The number of nitrogens with zero attached hydrogens (tertiary/aromatic N) is 1. The molecule has 92 valence electrons. The second kappa shape index (κ2) is 5.09. The van der Waals surface area contributed by atoms with Crippen LogP contribution in [0.5, 0.6) is 0 Å². The summed E-state index contributed by atoms with van der Waals surface area (Å²) in [4.78, 5) is 14.1. The Kier molecular flexibility index (Phi) is 3.72. The summed E-state index contributed by atoms with van der Waals surface area (Å²) in [7, 11) is 1.89. The van der Waals surface area contributed by atoms with Crippen molar-refractivity contribution in [1.29, 1.82) is 0 Å². The highest BCUT2D eigenvalue weighted by Gasteiger charge is 2.32. The van der Waals surface area contributed by atoms with Crippen LogP contribution in [0.4, 0.5) is 0 Å². The second-order valence-electron chi connectivity index (χ2n) is 4.82. The van der Waals surface area contributed by atoms with Gasteiger partial charge in [-0.15, -0.1) is 11.6 Å². The van der Waals surface area contributed by atoms with Gasteiger partial charge in [0.1, 0.15) is 0 Å². The van der Waals surface area contributed by atoms with Gasteiger partial charge in [-0.1, -0.05) is 12.1 Å². The van der Waals surface area contributed by atoms with Crippen molar-refractivity contribution in [2.24, 2.45) is 5.92 Å². The van der Waals surface area contributed by atoms with Crippen LogP contribution in [0.1, 0.15) is 35.7 Å². The molecule has 3 heteroatoms. The molecule has 2 nitrogen and oxygen atoms in total. The molecule has 0 N–H and O–H groups in total. The first-order valence-corrected chi connectivity index (χ1v) is 6.59. The highest BCUT2D eigenvalue weighted by Crippen LogP contribution is 2.35. The third-order valence-electron chi connectivity index (χ3n) is 3.59. The Morgan fingerprint density at radius 1 is 1.41 bits per heavy atom. The molecular weight excluding hydrogens is 234 g/mol. The summed E-state index contributed by atoms with van der Waals surface area (Å²) >= 11 is 5.73. The van der Waals surface area contributed by atoms with Crippen LogP contribution in [0, 0.1) is 5.92 Å². The molecule has 0 aromatic heterocycles. The van der Waals surface area contributed by atoms with Crippen LogP contribution in [0.15, 0.2) is 24.3 Å². The average molecular weight is 252 g/mol. The third kappa shape index (κ3) is 2.81. The Hall–Kier alpha value is -1.02. The quantitative estimate of drug-likeness (QED) is 0.752. The molecule has 0 radical (unpaired) electrons. The maximum Gasteiger partial charge on any atom is 0.253 e. The maximum atomic E-state index is 12.2. The van der Waals surface area contributed by atoms with E-state index in [9.17, 15) is 4.79 Å². The van der Waals surface area contributed by atoms with Gasteiger partial charge >= 0.3 is 0 Å². The minimum Gasteiger partial charge on any atom is -0.339 e. The number of hydrogen-bond acceptors (Lipinski definition) is 1. The summed E-state index contributed by atoms with van der Waals surface area (Å²) in [6.45, 7) is 2.13. The van der Waals surface area contributed by atoms with E-state index in [1.54, 1.807) is 0 Å². The fourth-order valence-corrected chi connectivity index (χ4v) is 2.20. The molecule has 0 aliphatic heterocycles. The number of benzene rings is 1. The summed E-state index contributed by atoms with van der Waals surface area (Å²) in [6.07, 6.45) is 2.51. The van der Waals surface area contributed by atoms with E-state index in [1.165, 1.54) is 12.8 Å². The minimum absolute atomic E-state index is 0.102. The summed E-state index contributed by atoms with van der Waals surface area (Å²) in [5, 5.41) is 0. The van der Waals surface area contributed by atoms with E-state index >= 15 is 0 Å². The van der Waals surface area contributed by atoms with E-state index < -0.39 is 0 Å². The minimum atomic E-state index is 0.102. The number of rotatable bonds is 4. The van der Waals surface area contributed by atoms with Gasteiger partial charge in [0, 0.05) is 24.5 Å². The number of alkyl halides is 1. The Balaban J connectivity index is 2.06. The van der Waals surface area contributed by atoms with E-state index in [2.05, 4.69) is 6.92 Å². The molecule has 1 fully saturated rings. The summed E-state index contributed by atoms with van der Waals surface area (Å²) in [5.41, 5.74) is 1.79. The van der Waals surface area contributed by atoms with Crippen LogP contribution in [0.2, 0.25) is 0 Å². The zero-order valence-corrected chi connectivity index (χ0v) is 11.1. The number of halogens is 1. The Morgan fingerprint density at radius 3 is 2.47 bits per heavy atom. The first kappa shape index (κ1) is 12.4. The van der Waals surface area contributed by atoms with Crippen LogP contribution in [0.25, 0.3) is 0 Å². The van der Waals surface area contributed by atoms with Gasteiger partial charge in [0.15, 0.2) is 0 Å². The number of carbonyl (C=O) groups is 1. The van der Waals surface area contributed by atoms with Gasteiger partial charge in [0.05, 0.1) is 0 Å². The molecule has 0 bridgehead atoms. The van der Waals surface area contributed by atoms with Gasteiger partial charge < -0.3 is 4.90 Å². The zero-order valence-electron chi connectivity index (χ0n) is 10.3. The second-order valence-corrected chi connectivity index (χ2v) is 5.09. The lowest BCUT2D eigenvalue weighted by Gasteiger charge is -2.25. The number of hydrogen-bond donors (Lipinski definition) is 0. The van der Waals surface area contributed by atoms with Gasteiger partial charge in [-0.3, -0.25) is 4.79 Å². The van der Waals surface area contributed by atoms with Crippen molar-refractivity contribution in [1.82, 2.24) is 4.90 Å². The SMILES string of the molecule is CC(C1CC1)N(C)C(=O)c1ccc(CCl)cc1. The van der Waals surface area contributed by atoms with Crippen molar-refractivity contribution in [3.63, 3.8) is 0 Å². The lowest BCUT2D eigenvalue weighted by molar-refractivity contribution is 0.0727. The van der Waals surface area contributed by atoms with Gasteiger partial charge in [0.2, 0.25) is 0 Å². The van der Waals surface area contributed by atoms with Crippen molar-refractivity contribution in [3.8, 4) is 0 Å². The first-order chi connectivity index (χ1) is 8.13. The van der Waals surface area contributed by atoms with Crippen molar-refractivity contribution in [2.45, 2.75) is 31.7 Å². The number of carbonyl (C=O) groups excluding carboxylic acids is 1. The molecule has 1 saturated carbocycles. The predicted octanol–water partition coefficient (Wildman–Crippen LogP) is 3.30. The van der Waals surface area contributed by atoms with Crippen LogP contribution in [0.3, 0.4) is 0 Å². The maximum absolute atomic E-state index is 12.2. The molecule has 1 unspecified atom stereocenters. The molecule has 1 aromatic carbocycles. The molecule has 2 rings (SSSR count). The van der Waals surface area contributed by atoms with Gasteiger partial charge in [-0.2, -0.15) is 0 Å². The molecule has 1 amide bonds. The van der Waals surface area contributed by atoms with Crippen molar-refractivity contribution >= 4 is 17.5 Å². The van der Waals surface area contributed by atoms with Gasteiger partial charge in [-0.25, -0.2) is 0 Å². The molecule has 0 spiro atoms. The molecule has 0 saturated heterocycles. The highest BCUT2D eigenvalue weighted by molar-refractivity contribution is 6.17. The third-order valence-corrected chi connectivity index (χ3v) is 3.90. The van der Waals surface area contributed by atoms with E-state index in [-0.39, 0.29) is 5.91 Å². The van der Waals surface area contributed by atoms with E-state index in [0.29, 0.717) is 17.8 Å². The molecule has 1 atom stereocenters. The fraction of sp³-hybridized carbons (Fsp3) is 0.500. The van der Waals surface area contributed by atoms with Crippen molar-refractivity contribution < 1.29 is 4.79 Å². The van der Waals surface area contributed by atoms with Crippen molar-refractivity contribution in [2.75, 3.05) is 7.05 Å². The fourth-order valence-electron chi connectivity index (χ4n) is 2.02. The summed E-state index contributed by atoms with van der Waals surface area (Å²) < 4.78 is 0.